The van der Waals surface area contributed by atoms with Crippen molar-refractivity contribution in [2.75, 3.05) is 30.8 Å². The molecule has 0 aromatic heterocycles. The molecule has 0 unspecified atom stereocenters. The highest BCUT2D eigenvalue weighted by Crippen LogP contribution is 2.28. The molecule has 0 radical (unpaired) electrons. The number of rotatable bonds is 9. The van der Waals surface area contributed by atoms with Crippen molar-refractivity contribution in [3.63, 3.8) is 0 Å². The lowest BCUT2D eigenvalue weighted by molar-refractivity contribution is -0.118. The predicted molar refractivity (Wildman–Crippen MR) is 120 cm³/mol. The van der Waals surface area contributed by atoms with Crippen LogP contribution in [0, 0.1) is 0 Å². The first-order chi connectivity index (χ1) is 14.5. The predicted octanol–water partition coefficient (Wildman–Crippen LogP) is 4.08. The number of carbonyl (C=O) groups excluding carboxylic acids is 2. The minimum atomic E-state index is -0.161. The molecule has 0 heterocycles. The lowest BCUT2D eigenvalue weighted by Crippen LogP contribution is -2.40. The van der Waals surface area contributed by atoms with Gasteiger partial charge in [0.1, 0.15) is 5.75 Å². The standard InChI is InChI=1S/C24H31N3O3/c1-18(28)25-20-12-13-23(30-2)22(16-20)26-24(29)17-27(21-10-6-7-11-21)15-14-19-8-4-3-5-9-19/h3-5,8-9,12-13,16,21H,6-7,10-11,14-15,17H2,1-2H3,(H,25,28)(H,26,29). The molecule has 0 saturated heterocycles. The summed E-state index contributed by atoms with van der Waals surface area (Å²) in [5, 5.41) is 5.71. The lowest BCUT2D eigenvalue weighted by Gasteiger charge is -2.28. The van der Waals surface area contributed by atoms with Gasteiger partial charge in [0.2, 0.25) is 11.8 Å². The molecule has 2 amide bonds. The van der Waals surface area contributed by atoms with Gasteiger partial charge in [-0.3, -0.25) is 14.5 Å². The van der Waals surface area contributed by atoms with Crippen LogP contribution in [0.3, 0.4) is 0 Å². The number of hydrogen-bond donors (Lipinski definition) is 2. The van der Waals surface area contributed by atoms with E-state index in [1.165, 1.54) is 25.3 Å². The van der Waals surface area contributed by atoms with Crippen molar-refractivity contribution in [3.8, 4) is 5.75 Å². The Morgan fingerprint density at radius 2 is 1.80 bits per heavy atom. The van der Waals surface area contributed by atoms with Gasteiger partial charge in [0.25, 0.3) is 0 Å². The van der Waals surface area contributed by atoms with Crippen LogP contribution in [0.2, 0.25) is 0 Å². The highest BCUT2D eigenvalue weighted by Gasteiger charge is 2.24. The number of amides is 2. The van der Waals surface area contributed by atoms with Crippen molar-refractivity contribution >= 4 is 23.2 Å². The first-order valence-corrected chi connectivity index (χ1v) is 10.6. The summed E-state index contributed by atoms with van der Waals surface area (Å²) in [5.74, 6) is 0.327. The van der Waals surface area contributed by atoms with Gasteiger partial charge in [-0.25, -0.2) is 0 Å². The van der Waals surface area contributed by atoms with Crippen molar-refractivity contribution in [3.05, 3.63) is 54.1 Å². The molecular weight excluding hydrogens is 378 g/mol. The molecule has 6 nitrogen and oxygen atoms in total. The molecule has 0 spiro atoms. The zero-order valence-corrected chi connectivity index (χ0v) is 17.8. The van der Waals surface area contributed by atoms with Gasteiger partial charge in [-0.05, 0) is 43.0 Å². The summed E-state index contributed by atoms with van der Waals surface area (Å²) in [6.07, 6.45) is 5.65. The molecule has 1 aliphatic rings. The third-order valence-corrected chi connectivity index (χ3v) is 5.51. The van der Waals surface area contributed by atoms with Gasteiger partial charge in [0.05, 0.1) is 19.3 Å². The number of methoxy groups -OCH3 is 1. The first kappa shape index (κ1) is 21.8. The number of ether oxygens (including phenoxy) is 1. The minimum absolute atomic E-state index is 0.0757. The third kappa shape index (κ3) is 6.32. The van der Waals surface area contributed by atoms with Crippen LogP contribution < -0.4 is 15.4 Å². The summed E-state index contributed by atoms with van der Waals surface area (Å²) in [4.78, 5) is 26.5. The Kier molecular flexibility index (Phi) is 7.85. The summed E-state index contributed by atoms with van der Waals surface area (Å²) < 4.78 is 5.38. The third-order valence-electron chi connectivity index (χ3n) is 5.51. The van der Waals surface area contributed by atoms with E-state index in [1.807, 2.05) is 6.07 Å². The van der Waals surface area contributed by atoms with E-state index in [0.29, 0.717) is 29.7 Å². The molecular formula is C24H31N3O3. The number of carbonyl (C=O) groups is 2. The number of nitrogens with zero attached hydrogens (tertiary/aromatic N) is 1. The van der Waals surface area contributed by atoms with E-state index in [9.17, 15) is 9.59 Å². The highest BCUT2D eigenvalue weighted by molar-refractivity contribution is 5.95. The van der Waals surface area contributed by atoms with E-state index in [4.69, 9.17) is 4.74 Å². The van der Waals surface area contributed by atoms with Crippen LogP contribution in [-0.2, 0) is 16.0 Å². The number of hydrogen-bond acceptors (Lipinski definition) is 4. The average molecular weight is 410 g/mol. The van der Waals surface area contributed by atoms with E-state index in [1.54, 1.807) is 25.3 Å². The maximum atomic E-state index is 12.9. The summed E-state index contributed by atoms with van der Waals surface area (Å²) >= 11 is 0. The Morgan fingerprint density at radius 1 is 1.07 bits per heavy atom. The Labute approximate surface area is 178 Å². The molecule has 1 aliphatic carbocycles. The van der Waals surface area contributed by atoms with E-state index in [0.717, 1.165) is 25.8 Å². The smallest absolute Gasteiger partial charge is 0.238 e. The van der Waals surface area contributed by atoms with Crippen LogP contribution in [0.1, 0.15) is 38.2 Å². The monoisotopic (exact) mass is 409 g/mol. The van der Waals surface area contributed by atoms with Gasteiger partial charge >= 0.3 is 0 Å². The molecule has 0 aliphatic heterocycles. The highest BCUT2D eigenvalue weighted by atomic mass is 16.5. The zero-order chi connectivity index (χ0) is 21.3. The summed E-state index contributed by atoms with van der Waals surface area (Å²) in [6, 6.07) is 16.1. The SMILES string of the molecule is COc1ccc(NC(C)=O)cc1NC(=O)CN(CCc1ccccc1)C1CCCC1. The molecule has 2 N–H and O–H groups in total. The molecule has 30 heavy (non-hydrogen) atoms. The normalized spacial score (nSPS) is 14.0. The van der Waals surface area contributed by atoms with Gasteiger partial charge < -0.3 is 15.4 Å². The molecule has 2 aromatic carbocycles. The first-order valence-electron chi connectivity index (χ1n) is 10.6. The Balaban J connectivity index is 1.67. The van der Waals surface area contributed by atoms with Crippen LogP contribution in [0.15, 0.2) is 48.5 Å². The minimum Gasteiger partial charge on any atom is -0.495 e. The largest absolute Gasteiger partial charge is 0.495 e. The maximum Gasteiger partial charge on any atom is 0.238 e. The lowest BCUT2D eigenvalue weighted by atomic mass is 10.1. The van der Waals surface area contributed by atoms with Crippen LogP contribution in [0.25, 0.3) is 0 Å². The second kappa shape index (κ2) is 10.8. The van der Waals surface area contributed by atoms with Gasteiger partial charge in [-0.1, -0.05) is 43.2 Å². The summed E-state index contributed by atoms with van der Waals surface area (Å²) in [7, 11) is 1.56. The van der Waals surface area contributed by atoms with E-state index >= 15 is 0 Å². The molecule has 3 rings (SSSR count). The van der Waals surface area contributed by atoms with Crippen molar-refractivity contribution in [2.24, 2.45) is 0 Å². The van der Waals surface area contributed by atoms with Gasteiger partial charge in [-0.15, -0.1) is 0 Å². The van der Waals surface area contributed by atoms with Crippen molar-refractivity contribution in [1.82, 2.24) is 4.90 Å². The topological polar surface area (TPSA) is 70.7 Å². The van der Waals surface area contributed by atoms with Crippen molar-refractivity contribution < 1.29 is 14.3 Å². The maximum absolute atomic E-state index is 12.9. The van der Waals surface area contributed by atoms with E-state index < -0.39 is 0 Å². The van der Waals surface area contributed by atoms with Gasteiger partial charge in [0.15, 0.2) is 0 Å². The van der Waals surface area contributed by atoms with Crippen molar-refractivity contribution in [1.29, 1.82) is 0 Å². The molecule has 6 heteroatoms. The fourth-order valence-corrected chi connectivity index (χ4v) is 4.04. The molecule has 160 valence electrons. The summed E-state index contributed by atoms with van der Waals surface area (Å²) in [5.41, 5.74) is 2.46. The zero-order valence-electron chi connectivity index (χ0n) is 17.8. The molecule has 2 aromatic rings. The number of nitrogens with one attached hydrogen (secondary N) is 2. The average Bonchev–Trinajstić information content (AvgIpc) is 3.26. The van der Waals surface area contributed by atoms with Crippen molar-refractivity contribution in [2.45, 2.75) is 45.1 Å². The molecule has 0 atom stereocenters. The second-order valence-corrected chi connectivity index (χ2v) is 7.79. The Hall–Kier alpha value is -2.86. The number of benzene rings is 2. The number of anilines is 2. The Bertz CT molecular complexity index is 848. The Morgan fingerprint density at radius 3 is 2.47 bits per heavy atom. The quantitative estimate of drug-likeness (QED) is 0.655. The van der Waals surface area contributed by atoms with Crippen LogP contribution in [0.4, 0.5) is 11.4 Å². The van der Waals surface area contributed by atoms with Gasteiger partial charge in [0, 0.05) is 25.2 Å². The molecule has 1 fully saturated rings. The fourth-order valence-electron chi connectivity index (χ4n) is 4.04. The van der Waals surface area contributed by atoms with Gasteiger partial charge in [-0.2, -0.15) is 0 Å². The molecule has 1 saturated carbocycles. The van der Waals surface area contributed by atoms with Crippen LogP contribution in [0.5, 0.6) is 5.75 Å². The van der Waals surface area contributed by atoms with Crippen LogP contribution >= 0.6 is 0 Å². The van der Waals surface area contributed by atoms with Crippen LogP contribution in [-0.4, -0.2) is 43.0 Å². The van der Waals surface area contributed by atoms with E-state index in [-0.39, 0.29) is 11.8 Å². The van der Waals surface area contributed by atoms with E-state index in [2.05, 4.69) is 39.8 Å². The molecule has 0 bridgehead atoms. The second-order valence-electron chi connectivity index (χ2n) is 7.79. The fraction of sp³-hybridized carbons (Fsp3) is 0.417. The summed E-state index contributed by atoms with van der Waals surface area (Å²) in [6.45, 7) is 2.64.